The van der Waals surface area contributed by atoms with Crippen molar-refractivity contribution in [2.75, 3.05) is 0 Å². The number of aliphatic hydroxyl groups is 1. The van der Waals surface area contributed by atoms with Crippen LogP contribution in [-0.2, 0) is 9.53 Å². The van der Waals surface area contributed by atoms with Gasteiger partial charge in [-0.15, -0.1) is 0 Å². The van der Waals surface area contributed by atoms with Crippen molar-refractivity contribution in [3.8, 4) is 0 Å². The second-order valence-electron chi connectivity index (χ2n) is 4.99. The number of esters is 1. The first-order valence-corrected chi connectivity index (χ1v) is 8.73. The monoisotopic (exact) mass is 348 g/mol. The van der Waals surface area contributed by atoms with E-state index in [4.69, 9.17) is 4.74 Å². The van der Waals surface area contributed by atoms with Gasteiger partial charge in [-0.1, -0.05) is 0 Å². The molecule has 1 aliphatic heterocycles. The molecule has 1 fully saturated rings. The number of ether oxygens (including phenoxy) is 1. The van der Waals surface area contributed by atoms with Crippen LogP contribution in [0.2, 0.25) is 4.82 Å². The molecule has 2 aromatic rings. The topological polar surface area (TPSA) is 46.5 Å². The maximum absolute atomic E-state index is 11.7. The molecule has 1 N–H and O–H groups in total. The van der Waals surface area contributed by atoms with Gasteiger partial charge in [-0.05, 0) is 0 Å². The molecule has 0 unspecified atom stereocenters. The van der Waals surface area contributed by atoms with Gasteiger partial charge in [-0.3, -0.25) is 0 Å². The molecule has 1 saturated heterocycles. The molecule has 3 rings (SSSR count). The summed E-state index contributed by atoms with van der Waals surface area (Å²) in [4.78, 5) is 11.6. The molecule has 2 aromatic carbocycles. The summed E-state index contributed by atoms with van der Waals surface area (Å²) in [6.07, 6.45) is -0.915. The van der Waals surface area contributed by atoms with Crippen LogP contribution in [0.25, 0.3) is 0 Å². The van der Waals surface area contributed by atoms with E-state index in [-0.39, 0.29) is 38.3 Å². The molecule has 0 aromatic heterocycles. The van der Waals surface area contributed by atoms with Crippen molar-refractivity contribution in [2.24, 2.45) is 0 Å². The van der Waals surface area contributed by atoms with E-state index >= 15 is 0 Å². The van der Waals surface area contributed by atoms with Crippen molar-refractivity contribution >= 4 is 25.4 Å². The summed E-state index contributed by atoms with van der Waals surface area (Å²) in [6.45, 7) is 0. The van der Waals surface area contributed by atoms with Crippen molar-refractivity contribution < 1.29 is 14.6 Å². The van der Waals surface area contributed by atoms with E-state index in [1.165, 1.54) is 4.46 Å². The molecule has 0 amide bonds. The van der Waals surface area contributed by atoms with Gasteiger partial charge in [0.2, 0.25) is 0 Å². The summed E-state index contributed by atoms with van der Waals surface area (Å²) in [7, 11) is 0. The Hall–Kier alpha value is -1.61. The Morgan fingerprint density at radius 3 is 2.29 bits per heavy atom. The van der Waals surface area contributed by atoms with Crippen LogP contribution < -0.4 is 4.46 Å². The quantitative estimate of drug-likeness (QED) is 0.681. The zero-order chi connectivity index (χ0) is 14.7. The minimum absolute atomic E-state index is 0.0435. The molecule has 0 bridgehead atoms. The van der Waals surface area contributed by atoms with Crippen LogP contribution in [0.1, 0.15) is 18.1 Å². The predicted molar refractivity (Wildman–Crippen MR) is 81.5 cm³/mol. The second kappa shape index (κ2) is 6.44. The molecule has 0 aliphatic carbocycles. The van der Waals surface area contributed by atoms with Gasteiger partial charge in [0.25, 0.3) is 0 Å². The first-order valence-electron chi connectivity index (χ1n) is 6.88. The van der Waals surface area contributed by atoms with Gasteiger partial charge < -0.3 is 0 Å². The van der Waals surface area contributed by atoms with Gasteiger partial charge in [0, 0.05) is 0 Å². The molecule has 0 spiro atoms. The first kappa shape index (κ1) is 14.3. The molecule has 1 aliphatic rings. The number of hydrogen-bond acceptors (Lipinski definition) is 3. The number of cyclic esters (lactones) is 1. The molecule has 0 saturated carbocycles. The third kappa shape index (κ3) is 3.35. The molecule has 0 radical (unpaired) electrons. The Bertz CT molecular complexity index is 600. The van der Waals surface area contributed by atoms with E-state index in [1.807, 2.05) is 48.5 Å². The fraction of sp³-hybridized carbons (Fsp3) is 0.235. The normalized spacial score (nSPS) is 25.4. The van der Waals surface area contributed by atoms with Crippen LogP contribution in [0.4, 0.5) is 0 Å². The number of carbonyl (C=O) groups excluding carboxylic acids is 1. The number of benzene rings is 2. The van der Waals surface area contributed by atoms with Crippen molar-refractivity contribution in [3.63, 3.8) is 0 Å². The third-order valence-electron chi connectivity index (χ3n) is 3.46. The Labute approximate surface area is 130 Å². The number of hydrogen-bond donors (Lipinski definition) is 1. The summed E-state index contributed by atoms with van der Waals surface area (Å²) in [6, 6.07) is 19.8. The summed E-state index contributed by atoms with van der Waals surface area (Å²) < 4.78 is 6.75. The summed E-state index contributed by atoms with van der Waals surface area (Å²) in [5, 5.41) is 10.3. The average molecular weight is 347 g/mol. The minimum atomic E-state index is -0.642. The third-order valence-corrected chi connectivity index (χ3v) is 6.35. The van der Waals surface area contributed by atoms with Crippen molar-refractivity contribution in [3.05, 3.63) is 66.2 Å². The molecular weight excluding hydrogens is 331 g/mol. The standard InChI is InChI=1S/C17H16O3Se/c18-14-11-15(19)20-16(12-7-3-1-4-8-12)17(14)21-13-9-5-2-6-10-13/h1-10,14,16-18H,11H2/t14-,16+,17+/m1/s1. The molecule has 3 atom stereocenters. The van der Waals surface area contributed by atoms with E-state index in [2.05, 4.69) is 12.1 Å². The number of carbonyl (C=O) groups is 1. The van der Waals surface area contributed by atoms with Gasteiger partial charge in [0.15, 0.2) is 0 Å². The summed E-state index contributed by atoms with van der Waals surface area (Å²) >= 11 is 0.0435. The zero-order valence-corrected chi connectivity index (χ0v) is 13.1. The first-order chi connectivity index (χ1) is 10.2. The predicted octanol–water partition coefficient (Wildman–Crippen LogP) is 1.85. The summed E-state index contributed by atoms with van der Waals surface area (Å²) in [5.41, 5.74) is 0.951. The van der Waals surface area contributed by atoms with Crippen LogP contribution in [0.5, 0.6) is 0 Å². The zero-order valence-electron chi connectivity index (χ0n) is 11.4. The van der Waals surface area contributed by atoms with E-state index in [0.717, 1.165) is 5.56 Å². The Balaban J connectivity index is 1.88. The van der Waals surface area contributed by atoms with Crippen LogP contribution >= 0.6 is 0 Å². The van der Waals surface area contributed by atoms with Crippen LogP contribution in [-0.4, -0.2) is 32.1 Å². The number of rotatable bonds is 3. The Morgan fingerprint density at radius 2 is 1.62 bits per heavy atom. The molecular formula is C17H16O3Se. The van der Waals surface area contributed by atoms with Crippen molar-refractivity contribution in [2.45, 2.75) is 23.4 Å². The van der Waals surface area contributed by atoms with Crippen molar-refractivity contribution in [1.29, 1.82) is 0 Å². The Morgan fingerprint density at radius 1 is 1.00 bits per heavy atom. The fourth-order valence-corrected chi connectivity index (χ4v) is 5.00. The van der Waals surface area contributed by atoms with Gasteiger partial charge in [0.1, 0.15) is 0 Å². The van der Waals surface area contributed by atoms with Gasteiger partial charge in [-0.25, -0.2) is 0 Å². The summed E-state index contributed by atoms with van der Waals surface area (Å²) in [5.74, 6) is -0.323. The fourth-order valence-electron chi connectivity index (χ4n) is 2.44. The van der Waals surface area contributed by atoms with Crippen molar-refractivity contribution in [1.82, 2.24) is 0 Å². The average Bonchev–Trinajstić information content (AvgIpc) is 2.51. The van der Waals surface area contributed by atoms with Crippen LogP contribution in [0.3, 0.4) is 0 Å². The molecule has 3 nitrogen and oxygen atoms in total. The molecule has 108 valence electrons. The van der Waals surface area contributed by atoms with Crippen LogP contribution in [0, 0.1) is 0 Å². The second-order valence-corrected chi connectivity index (χ2v) is 7.61. The molecule has 1 heterocycles. The van der Waals surface area contributed by atoms with Crippen LogP contribution in [0.15, 0.2) is 60.7 Å². The molecule has 4 heteroatoms. The SMILES string of the molecule is O=C1C[C@@H](O)[C@H]([Se]c2ccccc2)[C@H](c2ccccc2)O1. The van der Waals surface area contributed by atoms with Gasteiger partial charge in [-0.2, -0.15) is 0 Å². The van der Waals surface area contributed by atoms with E-state index in [9.17, 15) is 9.90 Å². The van der Waals surface area contributed by atoms with Gasteiger partial charge in [0.05, 0.1) is 0 Å². The number of aliphatic hydroxyl groups excluding tert-OH is 1. The van der Waals surface area contributed by atoms with E-state index < -0.39 is 6.10 Å². The Kier molecular flexibility index (Phi) is 4.39. The van der Waals surface area contributed by atoms with E-state index in [0.29, 0.717) is 0 Å². The maximum atomic E-state index is 11.7. The molecule has 21 heavy (non-hydrogen) atoms. The van der Waals surface area contributed by atoms with E-state index in [1.54, 1.807) is 0 Å². The van der Waals surface area contributed by atoms with Gasteiger partial charge >= 0.3 is 130 Å².